The molecular weight excluding hydrogens is 350 g/mol. The lowest BCUT2D eigenvalue weighted by Gasteiger charge is -2.37. The maximum atomic E-state index is 13.2. The Morgan fingerprint density at radius 2 is 2.11 bits per heavy atom. The molecule has 0 radical (unpaired) electrons. The highest BCUT2D eigenvalue weighted by Crippen LogP contribution is 2.29. The molecule has 0 N–H and O–H groups in total. The lowest BCUT2D eigenvalue weighted by atomic mass is 10.0. The third-order valence-electron chi connectivity index (χ3n) is 4.92. The van der Waals surface area contributed by atoms with Gasteiger partial charge < -0.3 is 19.0 Å². The largest absolute Gasteiger partial charge is 0.490 e. The average Bonchev–Trinajstić information content (AvgIpc) is 3.19. The van der Waals surface area contributed by atoms with Gasteiger partial charge in [0.25, 0.3) is 5.91 Å². The first kappa shape index (κ1) is 18.9. The van der Waals surface area contributed by atoms with Crippen molar-refractivity contribution in [3.63, 3.8) is 0 Å². The van der Waals surface area contributed by atoms with Crippen molar-refractivity contribution in [2.45, 2.75) is 25.4 Å². The molecule has 2 aromatic rings. The van der Waals surface area contributed by atoms with E-state index >= 15 is 0 Å². The molecule has 3 rings (SSSR count). The van der Waals surface area contributed by atoms with Crippen LogP contribution in [-0.4, -0.2) is 53.9 Å². The van der Waals surface area contributed by atoms with Gasteiger partial charge in [-0.2, -0.15) is 0 Å². The minimum atomic E-state index is -0.540. The van der Waals surface area contributed by atoms with Gasteiger partial charge in [0.1, 0.15) is 5.76 Å². The molecule has 0 aliphatic carbocycles. The Labute approximate surface area is 157 Å². The van der Waals surface area contributed by atoms with Crippen molar-refractivity contribution >= 4 is 11.6 Å². The molecular formula is C19H23N3O5. The van der Waals surface area contributed by atoms with Crippen LogP contribution in [0.4, 0.5) is 5.69 Å². The van der Waals surface area contributed by atoms with Crippen LogP contribution < -0.4 is 4.74 Å². The van der Waals surface area contributed by atoms with E-state index in [4.69, 9.17) is 9.15 Å². The number of ether oxygens (including phenoxy) is 1. The number of likely N-dealkylation sites (tertiary alicyclic amines) is 1. The quantitative estimate of drug-likeness (QED) is 0.571. The fourth-order valence-corrected chi connectivity index (χ4v) is 3.38. The van der Waals surface area contributed by atoms with Crippen molar-refractivity contribution in [1.82, 2.24) is 9.80 Å². The van der Waals surface area contributed by atoms with Crippen LogP contribution in [0.3, 0.4) is 0 Å². The minimum Gasteiger partial charge on any atom is -0.490 e. The third-order valence-corrected chi connectivity index (χ3v) is 4.92. The monoisotopic (exact) mass is 373 g/mol. The summed E-state index contributed by atoms with van der Waals surface area (Å²) in [6.45, 7) is 2.13. The highest BCUT2D eigenvalue weighted by atomic mass is 16.6. The van der Waals surface area contributed by atoms with Crippen LogP contribution in [0, 0.1) is 10.1 Å². The summed E-state index contributed by atoms with van der Waals surface area (Å²) in [6, 6.07) is 7.98. The molecule has 0 spiro atoms. The highest BCUT2D eigenvalue weighted by molar-refractivity contribution is 5.95. The fraction of sp³-hybridized carbons (Fsp3) is 0.421. The molecule has 1 saturated heterocycles. The molecule has 0 saturated carbocycles. The second-order valence-corrected chi connectivity index (χ2v) is 6.69. The number of hydrogen-bond donors (Lipinski definition) is 0. The first-order valence-electron chi connectivity index (χ1n) is 8.84. The van der Waals surface area contributed by atoms with E-state index in [1.807, 2.05) is 6.07 Å². The Morgan fingerprint density at radius 3 is 2.70 bits per heavy atom. The molecule has 0 atom stereocenters. The molecule has 2 heterocycles. The van der Waals surface area contributed by atoms with E-state index in [9.17, 15) is 14.9 Å². The first-order valence-corrected chi connectivity index (χ1v) is 8.84. The van der Waals surface area contributed by atoms with Gasteiger partial charge in [0.2, 0.25) is 0 Å². The van der Waals surface area contributed by atoms with E-state index < -0.39 is 4.92 Å². The third kappa shape index (κ3) is 4.28. The van der Waals surface area contributed by atoms with Crippen LogP contribution in [0.2, 0.25) is 0 Å². The van der Waals surface area contributed by atoms with Crippen LogP contribution >= 0.6 is 0 Å². The van der Waals surface area contributed by atoms with Gasteiger partial charge in [-0.05, 0) is 57.2 Å². The zero-order chi connectivity index (χ0) is 19.4. The molecule has 1 aliphatic rings. The maximum Gasteiger partial charge on any atom is 0.311 e. The number of rotatable bonds is 6. The molecule has 1 aromatic carbocycles. The Bertz CT molecular complexity index is 798. The van der Waals surface area contributed by atoms with Gasteiger partial charge in [0.15, 0.2) is 5.75 Å². The summed E-state index contributed by atoms with van der Waals surface area (Å²) in [4.78, 5) is 28.0. The summed E-state index contributed by atoms with van der Waals surface area (Å²) in [7, 11) is 3.42. The van der Waals surface area contributed by atoms with Crippen molar-refractivity contribution in [3.05, 3.63) is 58.0 Å². The van der Waals surface area contributed by atoms with E-state index in [0.29, 0.717) is 12.3 Å². The molecule has 1 amide bonds. The summed E-state index contributed by atoms with van der Waals surface area (Å²) >= 11 is 0. The van der Waals surface area contributed by atoms with Crippen molar-refractivity contribution in [2.75, 3.05) is 27.2 Å². The number of hydrogen-bond acceptors (Lipinski definition) is 6. The number of carbonyl (C=O) groups excluding carboxylic acids is 1. The zero-order valence-electron chi connectivity index (χ0n) is 15.5. The lowest BCUT2D eigenvalue weighted by Crippen LogP contribution is -2.46. The summed E-state index contributed by atoms with van der Waals surface area (Å²) < 4.78 is 10.5. The Hall–Kier alpha value is -2.87. The van der Waals surface area contributed by atoms with E-state index in [-0.39, 0.29) is 28.9 Å². The predicted octanol–water partition coefficient (Wildman–Crippen LogP) is 2.93. The Kier molecular flexibility index (Phi) is 5.75. The number of nitro groups is 1. The average molecular weight is 373 g/mol. The van der Waals surface area contributed by atoms with Gasteiger partial charge in [0.05, 0.1) is 24.8 Å². The van der Waals surface area contributed by atoms with Crippen LogP contribution in [0.25, 0.3) is 0 Å². The van der Waals surface area contributed by atoms with Gasteiger partial charge >= 0.3 is 5.69 Å². The number of piperidine rings is 1. The number of methoxy groups -OCH3 is 1. The molecule has 1 fully saturated rings. The van der Waals surface area contributed by atoms with Crippen LogP contribution in [0.5, 0.6) is 5.75 Å². The van der Waals surface area contributed by atoms with Gasteiger partial charge in [-0.15, -0.1) is 0 Å². The molecule has 0 bridgehead atoms. The van der Waals surface area contributed by atoms with E-state index in [1.165, 1.54) is 19.2 Å². The Morgan fingerprint density at radius 1 is 1.37 bits per heavy atom. The summed E-state index contributed by atoms with van der Waals surface area (Å²) in [6.07, 6.45) is 3.27. The van der Waals surface area contributed by atoms with Crippen molar-refractivity contribution in [2.24, 2.45) is 0 Å². The predicted molar refractivity (Wildman–Crippen MR) is 98.7 cm³/mol. The van der Waals surface area contributed by atoms with Gasteiger partial charge in [0, 0.05) is 17.7 Å². The Balaban J connectivity index is 1.90. The number of nitro benzene ring substituents is 1. The maximum absolute atomic E-state index is 13.2. The molecule has 1 aromatic heterocycles. The lowest BCUT2D eigenvalue weighted by molar-refractivity contribution is -0.385. The number of nitrogens with zero attached hydrogens (tertiary/aromatic N) is 3. The van der Waals surface area contributed by atoms with Crippen molar-refractivity contribution in [1.29, 1.82) is 0 Å². The first-order chi connectivity index (χ1) is 13.0. The molecule has 8 nitrogen and oxygen atoms in total. The van der Waals surface area contributed by atoms with E-state index in [0.717, 1.165) is 25.9 Å². The normalized spacial score (nSPS) is 15.5. The molecule has 144 valence electrons. The SMILES string of the molecule is COc1ccc(C(=O)N(Cc2ccco2)C2CCN(C)CC2)cc1[N+](=O)[O-]. The second-order valence-electron chi connectivity index (χ2n) is 6.69. The topological polar surface area (TPSA) is 89.1 Å². The minimum absolute atomic E-state index is 0.0555. The summed E-state index contributed by atoms with van der Waals surface area (Å²) in [5, 5.41) is 11.3. The van der Waals surface area contributed by atoms with Gasteiger partial charge in [-0.3, -0.25) is 14.9 Å². The summed E-state index contributed by atoms with van der Waals surface area (Å²) in [5.74, 6) is 0.574. The molecule has 27 heavy (non-hydrogen) atoms. The van der Waals surface area contributed by atoms with Gasteiger partial charge in [-0.25, -0.2) is 0 Å². The van der Waals surface area contributed by atoms with Crippen LogP contribution in [-0.2, 0) is 6.54 Å². The molecule has 8 heteroatoms. The van der Waals surface area contributed by atoms with Gasteiger partial charge in [-0.1, -0.05) is 0 Å². The molecule has 1 aliphatic heterocycles. The number of carbonyl (C=O) groups is 1. The summed E-state index contributed by atoms with van der Waals surface area (Å²) in [5.41, 5.74) is 0.0534. The molecule has 0 unspecified atom stereocenters. The zero-order valence-corrected chi connectivity index (χ0v) is 15.5. The smallest absolute Gasteiger partial charge is 0.311 e. The number of furan rings is 1. The fourth-order valence-electron chi connectivity index (χ4n) is 3.38. The van der Waals surface area contributed by atoms with Crippen LogP contribution in [0.15, 0.2) is 41.0 Å². The van der Waals surface area contributed by atoms with E-state index in [2.05, 4.69) is 11.9 Å². The standard InChI is InChI=1S/C19H23N3O5/c1-20-9-7-15(8-10-20)21(13-16-4-3-11-27-16)19(23)14-5-6-18(26-2)17(12-14)22(24)25/h3-6,11-12,15H,7-10,13H2,1-2H3. The van der Waals surface area contributed by atoms with Crippen molar-refractivity contribution < 1.29 is 18.9 Å². The van der Waals surface area contributed by atoms with Crippen molar-refractivity contribution in [3.8, 4) is 5.75 Å². The highest BCUT2D eigenvalue weighted by Gasteiger charge is 2.30. The van der Waals surface area contributed by atoms with E-state index in [1.54, 1.807) is 23.3 Å². The number of amides is 1. The number of benzene rings is 1. The second kappa shape index (κ2) is 8.22. The van der Waals surface area contributed by atoms with Crippen LogP contribution in [0.1, 0.15) is 29.0 Å².